The Bertz CT molecular complexity index is 3070. The Morgan fingerprint density at radius 2 is 0.722 bits per heavy atom. The number of nitrogens with zero attached hydrogens (tertiary/aromatic N) is 2. The fourth-order valence-electron chi connectivity index (χ4n) is 9.36. The number of halogens is 2. The first-order chi connectivity index (χ1) is 37.9. The van der Waals surface area contributed by atoms with Crippen LogP contribution in [-0.4, -0.2) is 35.9 Å². The van der Waals surface area contributed by atoms with Gasteiger partial charge >= 0.3 is 35.6 Å². The predicted octanol–water partition coefficient (Wildman–Crippen LogP) is 18.9. The van der Waals surface area contributed by atoms with Crippen LogP contribution in [0.1, 0.15) is 124 Å². The number of phenolic OH excluding ortho intramolecular Hbond substituents is 2. The molecule has 0 spiro atoms. The van der Waals surface area contributed by atoms with Crippen LogP contribution >= 0.6 is 18.6 Å². The van der Waals surface area contributed by atoms with Crippen molar-refractivity contribution >= 4 is 42.4 Å². The van der Waals surface area contributed by atoms with Crippen LogP contribution in [0.5, 0.6) is 23.0 Å². The molecule has 6 nitrogen and oxygen atoms in total. The third kappa shape index (κ3) is 16.1. The summed E-state index contributed by atoms with van der Waals surface area (Å²) >= 11 is -0.556. The number of hydrogen-bond acceptors (Lipinski definition) is 6. The third-order valence-corrected chi connectivity index (χ3v) is 14.6. The topological polar surface area (TPSA) is 83.6 Å². The Kier molecular flexibility index (Phi) is 22.3. The maximum absolute atomic E-state index is 11.6. The van der Waals surface area contributed by atoms with E-state index in [4.69, 9.17) is 38.1 Å². The predicted molar refractivity (Wildman–Crippen MR) is 330 cm³/mol. The molecule has 79 heavy (non-hydrogen) atoms. The molecule has 0 atom stereocenters. The molecule has 0 bridgehead atoms. The molecular formula is C70H74Cl2N2O4Ti. The number of ether oxygens (including phenoxy) is 2. The van der Waals surface area contributed by atoms with E-state index in [1.165, 1.54) is 11.1 Å². The zero-order chi connectivity index (χ0) is 57.1. The van der Waals surface area contributed by atoms with Crippen LogP contribution < -0.4 is 9.47 Å². The number of aliphatic imine (C=N–C) groups is 2. The molecule has 8 aromatic carbocycles. The van der Waals surface area contributed by atoms with E-state index in [1.54, 1.807) is 12.4 Å². The summed E-state index contributed by atoms with van der Waals surface area (Å²) in [6, 6.07) is 65.4. The van der Waals surface area contributed by atoms with Gasteiger partial charge in [0.2, 0.25) is 0 Å². The normalized spacial score (nSPS) is 11.7. The van der Waals surface area contributed by atoms with Crippen molar-refractivity contribution in [1.29, 1.82) is 0 Å². The second-order valence-corrected chi connectivity index (χ2v) is 23.9. The number of hydrogen-bond donors (Lipinski definition) is 2. The molecule has 0 aromatic heterocycles. The molecule has 0 aliphatic heterocycles. The molecule has 0 aliphatic carbocycles. The van der Waals surface area contributed by atoms with Crippen LogP contribution in [0.4, 0.5) is 11.4 Å². The molecule has 0 heterocycles. The molecule has 9 heteroatoms. The van der Waals surface area contributed by atoms with Crippen LogP contribution in [0.3, 0.4) is 0 Å². The van der Waals surface area contributed by atoms with E-state index in [0.29, 0.717) is 24.3 Å². The molecule has 0 radical (unpaired) electrons. The second kappa shape index (κ2) is 28.8. The van der Waals surface area contributed by atoms with E-state index in [2.05, 4.69) is 166 Å². The van der Waals surface area contributed by atoms with E-state index in [0.717, 1.165) is 69.1 Å². The molecule has 406 valence electrons. The number of aromatic hydroxyl groups is 2. The van der Waals surface area contributed by atoms with Crippen molar-refractivity contribution in [3.63, 3.8) is 0 Å². The van der Waals surface area contributed by atoms with Gasteiger partial charge in [-0.2, -0.15) is 0 Å². The molecule has 0 unspecified atom stereocenters. The fourth-order valence-corrected chi connectivity index (χ4v) is 9.36. The Morgan fingerprint density at radius 1 is 0.418 bits per heavy atom. The van der Waals surface area contributed by atoms with Gasteiger partial charge in [-0.05, 0) is 82.6 Å². The van der Waals surface area contributed by atoms with Crippen molar-refractivity contribution in [3.05, 3.63) is 275 Å². The van der Waals surface area contributed by atoms with Gasteiger partial charge in [-0.3, -0.25) is 9.98 Å². The first-order valence-corrected chi connectivity index (χ1v) is 30.9. The minimum atomic E-state index is -0.556. The molecule has 2 N–H and O–H groups in total. The molecule has 0 saturated carbocycles. The van der Waals surface area contributed by atoms with Gasteiger partial charge in [0, 0.05) is 68.5 Å². The van der Waals surface area contributed by atoms with E-state index < -0.39 is 27.9 Å². The fraction of sp³-hybridized carbons (Fsp3) is 0.229. The summed E-state index contributed by atoms with van der Waals surface area (Å²) in [5.41, 5.74) is 10.1. The van der Waals surface area contributed by atoms with E-state index in [9.17, 15) is 10.2 Å². The summed E-state index contributed by atoms with van der Waals surface area (Å²) in [5, 5.41) is 23.2. The molecule has 0 saturated heterocycles. The molecule has 8 aromatic rings. The zero-order valence-electron chi connectivity index (χ0n) is 46.9. The van der Waals surface area contributed by atoms with E-state index in [1.807, 2.05) is 109 Å². The quantitative estimate of drug-likeness (QED) is 0.0345. The van der Waals surface area contributed by atoms with Crippen LogP contribution in [0, 0.1) is 0 Å². The van der Waals surface area contributed by atoms with Crippen LogP contribution in [0.25, 0.3) is 0 Å². The van der Waals surface area contributed by atoms with Crippen molar-refractivity contribution in [2.45, 2.75) is 89.9 Å². The minimum absolute atomic E-state index is 0.244. The van der Waals surface area contributed by atoms with Crippen LogP contribution in [0.2, 0.25) is 0 Å². The van der Waals surface area contributed by atoms with Crippen molar-refractivity contribution in [3.8, 4) is 23.0 Å². The first kappa shape index (κ1) is 61.3. The number of phenols is 2. The second-order valence-electron chi connectivity index (χ2n) is 21.3. The summed E-state index contributed by atoms with van der Waals surface area (Å²) < 4.78 is 11.6. The van der Waals surface area contributed by atoms with Crippen molar-refractivity contribution in [2.75, 3.05) is 13.2 Å². The van der Waals surface area contributed by atoms with Gasteiger partial charge in [0.15, 0.2) is 0 Å². The molecule has 0 fully saturated rings. The SMILES string of the molecule is C=CCCOc1cccc(N=Cc2cc(C(C)(C)c3ccccc3)cc(C(C)(C)c3ccccc3)c2O)c1.C=CCCOc1cccc(N=Cc2cc(C(C)(C)c3ccccc3)cc(C(C)(C)c3ccccc3)c2O)c1.[Cl][Ti][Cl]. The standard InChI is InChI=1S/2C35H37NO2.2ClH.Ti/c2*1-6-7-21-38-31-20-14-19-30(24-31)36-25-26-22-29(34(2,3)27-15-10-8-11-16-27)23-32(33(26)37)35(4,5)28-17-12-9-13-18-28;;;/h2*6,8-20,22-25,37H,1,7,21H2,2-5H3;2*1H;/q;;;;+2/p-2. The van der Waals surface area contributed by atoms with Gasteiger partial charge in [-0.15, -0.1) is 13.2 Å². The van der Waals surface area contributed by atoms with Gasteiger partial charge in [-0.1, -0.05) is 213 Å². The monoisotopic (exact) mass is 1120 g/mol. The van der Waals surface area contributed by atoms with Gasteiger partial charge in [0.1, 0.15) is 23.0 Å². The van der Waals surface area contributed by atoms with Gasteiger partial charge < -0.3 is 19.7 Å². The third-order valence-electron chi connectivity index (χ3n) is 14.6. The van der Waals surface area contributed by atoms with Crippen LogP contribution in [0.15, 0.2) is 229 Å². The van der Waals surface area contributed by atoms with Gasteiger partial charge in [0.05, 0.1) is 24.6 Å². The zero-order valence-corrected chi connectivity index (χ0v) is 50.0. The van der Waals surface area contributed by atoms with Crippen molar-refractivity contribution < 1.29 is 36.7 Å². The molecule has 0 aliphatic rings. The average molecular weight is 1130 g/mol. The Balaban J connectivity index is 0.000000243. The van der Waals surface area contributed by atoms with Gasteiger partial charge in [-0.25, -0.2) is 0 Å². The van der Waals surface area contributed by atoms with Gasteiger partial charge in [0.25, 0.3) is 0 Å². The Hall–Kier alpha value is -6.93. The summed E-state index contributed by atoms with van der Waals surface area (Å²) in [6.45, 7) is 26.1. The van der Waals surface area contributed by atoms with E-state index in [-0.39, 0.29) is 22.3 Å². The van der Waals surface area contributed by atoms with Crippen molar-refractivity contribution in [2.24, 2.45) is 9.98 Å². The van der Waals surface area contributed by atoms with E-state index >= 15 is 0 Å². The van der Waals surface area contributed by atoms with Crippen molar-refractivity contribution in [1.82, 2.24) is 0 Å². The summed E-state index contributed by atoms with van der Waals surface area (Å²) in [7, 11) is 9.78. The summed E-state index contributed by atoms with van der Waals surface area (Å²) in [4.78, 5) is 9.47. The summed E-state index contributed by atoms with van der Waals surface area (Å²) in [5.74, 6) is 2.01. The Morgan fingerprint density at radius 3 is 1.03 bits per heavy atom. The van der Waals surface area contributed by atoms with Crippen LogP contribution in [-0.2, 0) is 38.7 Å². The molecule has 0 amide bonds. The number of benzene rings is 8. The maximum atomic E-state index is 11.6. The first-order valence-electron chi connectivity index (χ1n) is 26.6. The Labute approximate surface area is 487 Å². The molecule has 8 rings (SSSR count). The average Bonchev–Trinajstić information content (AvgIpc) is 3.48. The summed E-state index contributed by atoms with van der Waals surface area (Å²) in [6.07, 6.45) is 8.75. The molecular weight excluding hydrogens is 1050 g/mol. The number of rotatable bonds is 20.